The maximum absolute atomic E-state index is 11.3. The van der Waals surface area contributed by atoms with Crippen LogP contribution in [0.3, 0.4) is 0 Å². The number of aliphatic hydroxyl groups is 2. The van der Waals surface area contributed by atoms with Crippen molar-refractivity contribution in [1.82, 2.24) is 5.16 Å². The average Bonchev–Trinajstić information content (AvgIpc) is 3.29. The van der Waals surface area contributed by atoms with Gasteiger partial charge in [0, 0.05) is 5.56 Å². The van der Waals surface area contributed by atoms with Gasteiger partial charge in [-0.25, -0.2) is 0 Å². The standard InChI is InChI=1S/C28H29NO6/c1-17-11-24(34-16-22(31)14-30)12-18(2)28(17)25-6-4-5-21(19(25)3)15-33-23-9-7-20(8-10-23)26-13-27(32)29-35-26/h4-13,22,30-31H,14-16H2,1-3H3,(H,29,32). The zero-order valence-electron chi connectivity index (χ0n) is 20.0. The first-order valence-electron chi connectivity index (χ1n) is 11.4. The van der Waals surface area contributed by atoms with Gasteiger partial charge in [0.05, 0.1) is 12.7 Å². The molecular formula is C28H29NO6. The molecule has 1 unspecified atom stereocenters. The van der Waals surface area contributed by atoms with Crippen molar-refractivity contribution in [3.05, 3.63) is 93.3 Å². The van der Waals surface area contributed by atoms with Gasteiger partial charge in [-0.1, -0.05) is 18.2 Å². The molecule has 35 heavy (non-hydrogen) atoms. The molecule has 0 saturated carbocycles. The van der Waals surface area contributed by atoms with Gasteiger partial charge in [0.1, 0.15) is 30.8 Å². The van der Waals surface area contributed by atoms with E-state index in [-0.39, 0.29) is 18.8 Å². The number of nitrogens with one attached hydrogen (secondary N) is 1. The Morgan fingerprint density at radius 2 is 1.66 bits per heavy atom. The molecule has 4 rings (SSSR count). The number of aromatic amines is 1. The Morgan fingerprint density at radius 3 is 2.29 bits per heavy atom. The van der Waals surface area contributed by atoms with Crippen LogP contribution in [0.15, 0.2) is 70.0 Å². The Morgan fingerprint density at radius 1 is 0.943 bits per heavy atom. The summed E-state index contributed by atoms with van der Waals surface area (Å²) < 4.78 is 16.8. The van der Waals surface area contributed by atoms with Crippen LogP contribution in [-0.2, 0) is 6.61 Å². The van der Waals surface area contributed by atoms with Gasteiger partial charge >= 0.3 is 0 Å². The molecule has 0 aliphatic rings. The fraction of sp³-hybridized carbons (Fsp3) is 0.250. The number of aliphatic hydroxyl groups excluding tert-OH is 2. The smallest absolute Gasteiger partial charge is 0.280 e. The second kappa shape index (κ2) is 10.6. The molecular weight excluding hydrogens is 446 g/mol. The Balaban J connectivity index is 1.50. The molecule has 3 N–H and O–H groups in total. The van der Waals surface area contributed by atoms with E-state index < -0.39 is 6.10 Å². The van der Waals surface area contributed by atoms with E-state index >= 15 is 0 Å². The molecule has 0 bridgehead atoms. The zero-order valence-corrected chi connectivity index (χ0v) is 20.0. The summed E-state index contributed by atoms with van der Waals surface area (Å²) in [4.78, 5) is 11.3. The van der Waals surface area contributed by atoms with Crippen LogP contribution in [-0.4, -0.2) is 34.7 Å². The van der Waals surface area contributed by atoms with Crippen LogP contribution >= 0.6 is 0 Å². The summed E-state index contributed by atoms with van der Waals surface area (Å²) in [6, 6.07) is 18.9. The second-order valence-electron chi connectivity index (χ2n) is 8.56. The maximum Gasteiger partial charge on any atom is 0.280 e. The van der Waals surface area contributed by atoms with Gasteiger partial charge in [-0.3, -0.25) is 4.79 Å². The van der Waals surface area contributed by atoms with Crippen LogP contribution in [0.4, 0.5) is 0 Å². The minimum Gasteiger partial charge on any atom is -0.491 e. The van der Waals surface area contributed by atoms with E-state index in [0.717, 1.165) is 44.7 Å². The van der Waals surface area contributed by atoms with Crippen molar-refractivity contribution in [3.63, 3.8) is 0 Å². The van der Waals surface area contributed by atoms with Gasteiger partial charge < -0.3 is 24.2 Å². The first kappa shape index (κ1) is 24.3. The average molecular weight is 476 g/mol. The number of hydrogen-bond donors (Lipinski definition) is 3. The van der Waals surface area contributed by atoms with E-state index in [1.54, 1.807) is 0 Å². The minimum atomic E-state index is -0.903. The number of aryl methyl sites for hydroxylation is 2. The minimum absolute atomic E-state index is 0.0429. The normalized spacial score (nSPS) is 11.9. The van der Waals surface area contributed by atoms with E-state index in [2.05, 4.69) is 24.2 Å². The van der Waals surface area contributed by atoms with Crippen molar-refractivity contribution in [2.45, 2.75) is 33.5 Å². The van der Waals surface area contributed by atoms with E-state index in [1.807, 2.05) is 56.3 Å². The van der Waals surface area contributed by atoms with E-state index in [1.165, 1.54) is 6.07 Å². The van der Waals surface area contributed by atoms with E-state index in [9.17, 15) is 9.90 Å². The monoisotopic (exact) mass is 475 g/mol. The second-order valence-corrected chi connectivity index (χ2v) is 8.56. The molecule has 1 aromatic heterocycles. The number of hydrogen-bond acceptors (Lipinski definition) is 6. The molecule has 182 valence electrons. The molecule has 0 saturated heterocycles. The summed E-state index contributed by atoms with van der Waals surface area (Å²) in [5, 5.41) is 20.8. The third-order valence-corrected chi connectivity index (χ3v) is 5.93. The molecule has 4 aromatic rings. The predicted octanol–water partition coefficient (Wildman–Crippen LogP) is 4.54. The highest BCUT2D eigenvalue weighted by Gasteiger charge is 2.14. The molecule has 0 radical (unpaired) electrons. The third kappa shape index (κ3) is 5.65. The van der Waals surface area contributed by atoms with Crippen LogP contribution in [0.5, 0.6) is 11.5 Å². The molecule has 0 amide bonds. The van der Waals surface area contributed by atoms with Gasteiger partial charge in [-0.15, -0.1) is 0 Å². The number of H-pyrrole nitrogens is 1. The lowest BCUT2D eigenvalue weighted by Gasteiger charge is -2.18. The van der Waals surface area contributed by atoms with Crippen molar-refractivity contribution in [2.24, 2.45) is 0 Å². The van der Waals surface area contributed by atoms with E-state index in [0.29, 0.717) is 18.1 Å². The van der Waals surface area contributed by atoms with Gasteiger partial charge in [0.25, 0.3) is 5.56 Å². The van der Waals surface area contributed by atoms with Crippen LogP contribution in [0, 0.1) is 20.8 Å². The topological polar surface area (TPSA) is 105 Å². The van der Waals surface area contributed by atoms with Crippen LogP contribution in [0.2, 0.25) is 0 Å². The summed E-state index contributed by atoms with van der Waals surface area (Å²) in [6.45, 7) is 6.28. The molecule has 0 spiro atoms. The van der Waals surface area contributed by atoms with E-state index in [4.69, 9.17) is 19.1 Å². The molecule has 0 aliphatic carbocycles. The van der Waals surface area contributed by atoms with Gasteiger partial charge in [0.2, 0.25) is 0 Å². The molecule has 0 fully saturated rings. The molecule has 1 atom stereocenters. The summed E-state index contributed by atoms with van der Waals surface area (Å²) in [6.07, 6.45) is -0.903. The van der Waals surface area contributed by atoms with Gasteiger partial charge in [-0.2, -0.15) is 5.16 Å². The lowest BCUT2D eigenvalue weighted by Crippen LogP contribution is -2.21. The largest absolute Gasteiger partial charge is 0.491 e. The highest BCUT2D eigenvalue weighted by molar-refractivity contribution is 5.75. The first-order chi connectivity index (χ1) is 16.9. The summed E-state index contributed by atoms with van der Waals surface area (Å²) >= 11 is 0. The van der Waals surface area contributed by atoms with Crippen molar-refractivity contribution in [3.8, 4) is 33.9 Å². The lowest BCUT2D eigenvalue weighted by molar-refractivity contribution is 0.0536. The number of ether oxygens (including phenoxy) is 2. The van der Waals surface area contributed by atoms with Crippen molar-refractivity contribution in [2.75, 3.05) is 13.2 Å². The van der Waals surface area contributed by atoms with Crippen molar-refractivity contribution in [1.29, 1.82) is 0 Å². The molecule has 0 aliphatic heterocycles. The SMILES string of the molecule is Cc1cc(OCC(O)CO)cc(C)c1-c1cccc(COc2ccc(-c3cc(=O)[nH]o3)cc2)c1C. The van der Waals surface area contributed by atoms with Crippen LogP contribution < -0.4 is 15.0 Å². The highest BCUT2D eigenvalue weighted by atomic mass is 16.5. The predicted molar refractivity (Wildman–Crippen MR) is 134 cm³/mol. The molecule has 3 aromatic carbocycles. The van der Waals surface area contributed by atoms with Gasteiger partial charge in [0.15, 0.2) is 5.76 Å². The van der Waals surface area contributed by atoms with Gasteiger partial charge in [-0.05, 0) is 90.6 Å². The quantitative estimate of drug-likeness (QED) is 0.328. The number of aromatic nitrogens is 1. The Hall–Kier alpha value is -3.81. The lowest BCUT2D eigenvalue weighted by atomic mass is 9.90. The van der Waals surface area contributed by atoms with Crippen molar-refractivity contribution < 1.29 is 24.2 Å². The summed E-state index contributed by atoms with van der Waals surface area (Å²) in [5.74, 6) is 1.86. The molecule has 7 heteroatoms. The Kier molecular flexibility index (Phi) is 7.39. The maximum atomic E-state index is 11.3. The van der Waals surface area contributed by atoms with Crippen LogP contribution in [0.25, 0.3) is 22.5 Å². The third-order valence-electron chi connectivity index (χ3n) is 5.93. The summed E-state index contributed by atoms with van der Waals surface area (Å²) in [5.41, 5.74) is 7.11. The summed E-state index contributed by atoms with van der Waals surface area (Å²) in [7, 11) is 0. The fourth-order valence-electron chi connectivity index (χ4n) is 4.09. The van der Waals surface area contributed by atoms with Crippen LogP contribution in [0.1, 0.15) is 22.3 Å². The highest BCUT2D eigenvalue weighted by Crippen LogP contribution is 2.34. The Bertz CT molecular complexity index is 1330. The fourth-order valence-corrected chi connectivity index (χ4v) is 4.09. The Labute approximate surface area is 203 Å². The number of rotatable bonds is 9. The number of benzene rings is 3. The van der Waals surface area contributed by atoms with Crippen molar-refractivity contribution >= 4 is 0 Å². The molecule has 7 nitrogen and oxygen atoms in total. The molecule has 1 heterocycles. The first-order valence-corrected chi connectivity index (χ1v) is 11.4. The zero-order chi connectivity index (χ0) is 24.9.